The van der Waals surface area contributed by atoms with E-state index in [-0.39, 0.29) is 6.54 Å². The van der Waals surface area contributed by atoms with Crippen LogP contribution in [0.2, 0.25) is 5.02 Å². The zero-order valence-corrected chi connectivity index (χ0v) is 5.90. The van der Waals surface area contributed by atoms with Crippen LogP contribution in [0.5, 0.6) is 0 Å². The smallest absolute Gasteiger partial charge is 0.214 e. The van der Waals surface area contributed by atoms with Crippen LogP contribution >= 0.6 is 11.6 Å². The second-order valence-electron chi connectivity index (χ2n) is 1.80. The minimum atomic E-state index is -0.590. The van der Waals surface area contributed by atoms with Crippen LogP contribution in [-0.4, -0.2) is 4.98 Å². The Kier molecular flexibility index (Phi) is 2.19. The largest absolute Gasteiger partial charge is 0.325 e. The molecule has 1 rings (SSSR count). The highest BCUT2D eigenvalue weighted by Crippen LogP contribution is 2.09. The molecule has 10 heavy (non-hydrogen) atoms. The first-order valence-corrected chi connectivity index (χ1v) is 3.12. The van der Waals surface area contributed by atoms with E-state index in [2.05, 4.69) is 4.98 Å². The van der Waals surface area contributed by atoms with Crippen LogP contribution in [0.15, 0.2) is 12.1 Å². The summed E-state index contributed by atoms with van der Waals surface area (Å²) in [6.45, 7) is 0.206. The van der Waals surface area contributed by atoms with E-state index in [0.717, 1.165) is 6.07 Å². The molecule has 1 heterocycles. The lowest BCUT2D eigenvalue weighted by atomic mass is 10.3. The summed E-state index contributed by atoms with van der Waals surface area (Å²) in [5, 5.41) is 0.327. The van der Waals surface area contributed by atoms with Gasteiger partial charge in [-0.05, 0) is 6.07 Å². The van der Waals surface area contributed by atoms with Crippen molar-refractivity contribution >= 4 is 11.6 Å². The third-order valence-corrected chi connectivity index (χ3v) is 1.24. The second kappa shape index (κ2) is 2.94. The number of pyridine rings is 1. The van der Waals surface area contributed by atoms with Crippen LogP contribution in [0, 0.1) is 5.95 Å². The van der Waals surface area contributed by atoms with E-state index in [1.165, 1.54) is 6.07 Å². The summed E-state index contributed by atoms with van der Waals surface area (Å²) >= 11 is 5.49. The van der Waals surface area contributed by atoms with Crippen molar-refractivity contribution < 1.29 is 4.39 Å². The van der Waals surface area contributed by atoms with Crippen LogP contribution in [-0.2, 0) is 6.54 Å². The average Bonchev–Trinajstić information content (AvgIpc) is 1.85. The van der Waals surface area contributed by atoms with Crippen LogP contribution in [0.25, 0.3) is 0 Å². The van der Waals surface area contributed by atoms with Crippen molar-refractivity contribution in [2.24, 2.45) is 5.73 Å². The fourth-order valence-electron chi connectivity index (χ4n) is 0.621. The molecule has 1 aromatic rings. The van der Waals surface area contributed by atoms with Gasteiger partial charge >= 0.3 is 0 Å². The lowest BCUT2D eigenvalue weighted by Gasteiger charge is -1.95. The Morgan fingerprint density at radius 1 is 1.60 bits per heavy atom. The number of nitrogens with two attached hydrogens (primary N) is 1. The molecule has 0 bridgehead atoms. The van der Waals surface area contributed by atoms with Crippen LogP contribution < -0.4 is 5.73 Å². The van der Waals surface area contributed by atoms with Crippen molar-refractivity contribution in [3.63, 3.8) is 0 Å². The average molecular weight is 161 g/mol. The fraction of sp³-hybridized carbons (Fsp3) is 0.167. The van der Waals surface area contributed by atoms with Gasteiger partial charge in [-0.25, -0.2) is 4.98 Å². The van der Waals surface area contributed by atoms with Gasteiger partial charge in [0.15, 0.2) is 0 Å². The lowest BCUT2D eigenvalue weighted by molar-refractivity contribution is 0.577. The van der Waals surface area contributed by atoms with E-state index in [1.54, 1.807) is 0 Å². The molecule has 0 amide bonds. The number of halogens is 2. The molecule has 0 radical (unpaired) electrons. The van der Waals surface area contributed by atoms with E-state index in [1.807, 2.05) is 0 Å². The molecule has 0 aromatic carbocycles. The molecule has 1 aromatic heterocycles. The standard InChI is InChI=1S/C6H6ClFN2/c7-4-1-5(3-9)10-6(8)2-4/h1-2H,3,9H2. The highest BCUT2D eigenvalue weighted by molar-refractivity contribution is 6.30. The maximum atomic E-state index is 12.4. The maximum absolute atomic E-state index is 12.4. The highest BCUT2D eigenvalue weighted by atomic mass is 35.5. The summed E-state index contributed by atoms with van der Waals surface area (Å²) in [6.07, 6.45) is 0. The first-order valence-electron chi connectivity index (χ1n) is 2.74. The summed E-state index contributed by atoms with van der Waals surface area (Å²) in [4.78, 5) is 3.48. The Balaban J connectivity index is 3.06. The van der Waals surface area contributed by atoms with Gasteiger partial charge in [0.25, 0.3) is 0 Å². The number of hydrogen-bond acceptors (Lipinski definition) is 2. The van der Waals surface area contributed by atoms with Gasteiger partial charge in [0.2, 0.25) is 5.95 Å². The predicted molar refractivity (Wildman–Crippen MR) is 37.1 cm³/mol. The van der Waals surface area contributed by atoms with Crippen molar-refractivity contribution in [3.8, 4) is 0 Å². The van der Waals surface area contributed by atoms with Gasteiger partial charge in [-0.3, -0.25) is 0 Å². The summed E-state index contributed by atoms with van der Waals surface area (Å²) in [7, 11) is 0. The Bertz CT molecular complexity index is 219. The normalized spacial score (nSPS) is 9.90. The lowest BCUT2D eigenvalue weighted by Crippen LogP contribution is -2.00. The zero-order chi connectivity index (χ0) is 7.56. The number of aromatic nitrogens is 1. The van der Waals surface area contributed by atoms with Crippen molar-refractivity contribution in [1.82, 2.24) is 4.98 Å². The highest BCUT2D eigenvalue weighted by Gasteiger charge is 1.97. The third kappa shape index (κ3) is 1.65. The topological polar surface area (TPSA) is 38.9 Å². The van der Waals surface area contributed by atoms with Gasteiger partial charge in [0.1, 0.15) is 0 Å². The fourth-order valence-corrected chi connectivity index (χ4v) is 0.837. The Morgan fingerprint density at radius 2 is 2.30 bits per heavy atom. The van der Waals surface area contributed by atoms with Gasteiger partial charge in [-0.15, -0.1) is 0 Å². The molecule has 0 atom stereocenters. The van der Waals surface area contributed by atoms with Gasteiger partial charge < -0.3 is 5.73 Å². The maximum Gasteiger partial charge on any atom is 0.214 e. The first kappa shape index (κ1) is 7.44. The minimum absolute atomic E-state index is 0.206. The van der Waals surface area contributed by atoms with Crippen LogP contribution in [0.3, 0.4) is 0 Å². The molecular weight excluding hydrogens is 155 g/mol. The molecule has 0 saturated carbocycles. The summed E-state index contributed by atoms with van der Waals surface area (Å²) in [5.74, 6) is -0.590. The van der Waals surface area contributed by atoms with Gasteiger partial charge in [-0.2, -0.15) is 4.39 Å². The molecule has 0 aliphatic heterocycles. The van der Waals surface area contributed by atoms with Crippen molar-refractivity contribution in [3.05, 3.63) is 28.8 Å². The molecule has 0 unspecified atom stereocenters. The van der Waals surface area contributed by atoms with Crippen molar-refractivity contribution in [1.29, 1.82) is 0 Å². The van der Waals surface area contributed by atoms with E-state index in [0.29, 0.717) is 10.7 Å². The monoisotopic (exact) mass is 160 g/mol. The minimum Gasteiger partial charge on any atom is -0.325 e. The van der Waals surface area contributed by atoms with E-state index < -0.39 is 5.95 Å². The molecule has 0 aliphatic carbocycles. The Hall–Kier alpha value is -0.670. The van der Waals surface area contributed by atoms with E-state index in [9.17, 15) is 4.39 Å². The quantitative estimate of drug-likeness (QED) is 0.630. The van der Waals surface area contributed by atoms with Crippen molar-refractivity contribution in [2.75, 3.05) is 0 Å². The number of rotatable bonds is 1. The predicted octanol–water partition coefficient (Wildman–Crippen LogP) is 1.33. The molecule has 2 nitrogen and oxygen atoms in total. The van der Waals surface area contributed by atoms with Gasteiger partial charge in [0, 0.05) is 17.6 Å². The molecule has 0 saturated heterocycles. The Morgan fingerprint density at radius 3 is 2.80 bits per heavy atom. The third-order valence-electron chi connectivity index (χ3n) is 1.02. The number of hydrogen-bond donors (Lipinski definition) is 1. The second-order valence-corrected chi connectivity index (χ2v) is 2.24. The molecular formula is C6H6ClFN2. The molecule has 0 spiro atoms. The van der Waals surface area contributed by atoms with Gasteiger partial charge in [0.05, 0.1) is 5.69 Å². The van der Waals surface area contributed by atoms with E-state index >= 15 is 0 Å². The summed E-state index contributed by atoms with van der Waals surface area (Å²) in [5.41, 5.74) is 5.66. The Labute approximate surface area is 62.8 Å². The summed E-state index contributed by atoms with van der Waals surface area (Å²) in [6, 6.07) is 2.67. The number of nitrogens with zero attached hydrogens (tertiary/aromatic N) is 1. The molecule has 0 fully saturated rings. The van der Waals surface area contributed by atoms with Crippen LogP contribution in [0.4, 0.5) is 4.39 Å². The molecule has 4 heteroatoms. The molecule has 54 valence electrons. The van der Waals surface area contributed by atoms with Crippen molar-refractivity contribution in [2.45, 2.75) is 6.54 Å². The van der Waals surface area contributed by atoms with Gasteiger partial charge in [-0.1, -0.05) is 11.6 Å². The molecule has 2 N–H and O–H groups in total. The summed E-state index contributed by atoms with van der Waals surface area (Å²) < 4.78 is 12.4. The SMILES string of the molecule is NCc1cc(Cl)cc(F)n1. The zero-order valence-electron chi connectivity index (χ0n) is 5.14. The van der Waals surface area contributed by atoms with Crippen LogP contribution in [0.1, 0.15) is 5.69 Å². The molecule has 0 aliphatic rings. The first-order chi connectivity index (χ1) is 4.72. The van der Waals surface area contributed by atoms with E-state index in [4.69, 9.17) is 17.3 Å².